The molecule has 0 radical (unpaired) electrons. The van der Waals surface area contributed by atoms with Crippen LogP contribution in [0.15, 0.2) is 36.9 Å². The van der Waals surface area contributed by atoms with E-state index in [-0.39, 0.29) is 6.10 Å². The molecule has 76 valence electrons. The largest absolute Gasteiger partial charge is 0.388 e. The summed E-state index contributed by atoms with van der Waals surface area (Å²) in [6, 6.07) is 8.02. The highest BCUT2D eigenvalue weighted by Crippen LogP contribution is 2.22. The lowest BCUT2D eigenvalue weighted by molar-refractivity contribution is 0.165. The standard InChI is InChI=1S/C13H18O/c1-3-7-11-9-5-6-10-12(11)13(14)8-4-2/h3,5-6,9-10,13-14H,1,4,7-8H2,2H3. The van der Waals surface area contributed by atoms with Gasteiger partial charge < -0.3 is 5.11 Å². The van der Waals surface area contributed by atoms with Gasteiger partial charge in [-0.3, -0.25) is 0 Å². The van der Waals surface area contributed by atoms with Crippen LogP contribution in [0.25, 0.3) is 0 Å². The van der Waals surface area contributed by atoms with Gasteiger partial charge >= 0.3 is 0 Å². The maximum Gasteiger partial charge on any atom is 0.0792 e. The van der Waals surface area contributed by atoms with Gasteiger partial charge in [-0.05, 0) is 24.0 Å². The lowest BCUT2D eigenvalue weighted by Gasteiger charge is -2.13. The molecule has 0 aliphatic heterocycles. The Hall–Kier alpha value is -1.08. The van der Waals surface area contributed by atoms with Crippen LogP contribution in [0.5, 0.6) is 0 Å². The minimum absolute atomic E-state index is 0.323. The average Bonchev–Trinajstić information content (AvgIpc) is 2.19. The summed E-state index contributed by atoms with van der Waals surface area (Å²) in [6.07, 6.45) is 4.21. The van der Waals surface area contributed by atoms with E-state index in [1.165, 1.54) is 5.56 Å². The van der Waals surface area contributed by atoms with Crippen molar-refractivity contribution >= 4 is 0 Å². The summed E-state index contributed by atoms with van der Waals surface area (Å²) in [4.78, 5) is 0. The first kappa shape index (κ1) is 11.0. The van der Waals surface area contributed by atoms with Gasteiger partial charge in [0.1, 0.15) is 0 Å². The lowest BCUT2D eigenvalue weighted by atomic mass is 9.97. The van der Waals surface area contributed by atoms with Crippen LogP contribution in [0, 0.1) is 0 Å². The second-order valence-electron chi connectivity index (χ2n) is 3.50. The highest BCUT2D eigenvalue weighted by molar-refractivity contribution is 5.30. The zero-order chi connectivity index (χ0) is 10.4. The molecule has 14 heavy (non-hydrogen) atoms. The first-order chi connectivity index (χ1) is 6.79. The Balaban J connectivity index is 2.87. The number of hydrogen-bond donors (Lipinski definition) is 1. The van der Waals surface area contributed by atoms with E-state index in [1.54, 1.807) is 0 Å². The van der Waals surface area contributed by atoms with Crippen LogP contribution in [0.1, 0.15) is 37.0 Å². The fraction of sp³-hybridized carbons (Fsp3) is 0.385. The molecule has 0 saturated heterocycles. The summed E-state index contributed by atoms with van der Waals surface area (Å²) in [5.41, 5.74) is 2.23. The van der Waals surface area contributed by atoms with Crippen LogP contribution < -0.4 is 0 Å². The molecule has 0 aliphatic rings. The van der Waals surface area contributed by atoms with Crippen molar-refractivity contribution < 1.29 is 5.11 Å². The molecule has 0 aromatic heterocycles. The van der Waals surface area contributed by atoms with Crippen LogP contribution in [0.3, 0.4) is 0 Å². The van der Waals surface area contributed by atoms with Crippen LogP contribution in [-0.4, -0.2) is 5.11 Å². The van der Waals surface area contributed by atoms with Crippen molar-refractivity contribution in [3.63, 3.8) is 0 Å². The molecule has 1 unspecified atom stereocenters. The highest BCUT2D eigenvalue weighted by Gasteiger charge is 2.09. The van der Waals surface area contributed by atoms with Crippen molar-refractivity contribution in [3.8, 4) is 0 Å². The smallest absolute Gasteiger partial charge is 0.0792 e. The Morgan fingerprint density at radius 2 is 2.14 bits per heavy atom. The van der Waals surface area contributed by atoms with Gasteiger partial charge in [-0.15, -0.1) is 6.58 Å². The van der Waals surface area contributed by atoms with Gasteiger partial charge in [-0.1, -0.05) is 43.7 Å². The third-order valence-corrected chi connectivity index (χ3v) is 2.34. The van der Waals surface area contributed by atoms with Crippen molar-refractivity contribution in [2.45, 2.75) is 32.3 Å². The number of allylic oxidation sites excluding steroid dienone is 1. The van der Waals surface area contributed by atoms with Gasteiger partial charge in [-0.2, -0.15) is 0 Å². The molecule has 1 N–H and O–H groups in total. The highest BCUT2D eigenvalue weighted by atomic mass is 16.3. The first-order valence-corrected chi connectivity index (χ1v) is 5.16. The van der Waals surface area contributed by atoms with E-state index in [9.17, 15) is 5.11 Å². The molecule has 0 fully saturated rings. The maximum absolute atomic E-state index is 9.89. The molecule has 1 aromatic rings. The number of benzene rings is 1. The first-order valence-electron chi connectivity index (χ1n) is 5.16. The zero-order valence-electron chi connectivity index (χ0n) is 8.74. The SMILES string of the molecule is C=CCc1ccccc1C(O)CCC. The molecule has 1 aromatic carbocycles. The number of aliphatic hydroxyl groups is 1. The second kappa shape index (κ2) is 5.61. The van der Waals surface area contributed by atoms with Gasteiger partial charge in [0.2, 0.25) is 0 Å². The molecule has 0 heterocycles. The molecule has 0 amide bonds. The van der Waals surface area contributed by atoms with Gasteiger partial charge in [0.15, 0.2) is 0 Å². The summed E-state index contributed by atoms with van der Waals surface area (Å²) in [6.45, 7) is 5.80. The zero-order valence-corrected chi connectivity index (χ0v) is 8.74. The summed E-state index contributed by atoms with van der Waals surface area (Å²) in [7, 11) is 0. The molecule has 0 saturated carbocycles. The van der Waals surface area contributed by atoms with Crippen LogP contribution >= 0.6 is 0 Å². The monoisotopic (exact) mass is 190 g/mol. The number of rotatable bonds is 5. The topological polar surface area (TPSA) is 20.2 Å². The summed E-state index contributed by atoms with van der Waals surface area (Å²) >= 11 is 0. The van der Waals surface area contributed by atoms with Crippen LogP contribution in [0.4, 0.5) is 0 Å². The van der Waals surface area contributed by atoms with E-state index >= 15 is 0 Å². The Bertz CT molecular complexity index is 291. The lowest BCUT2D eigenvalue weighted by Crippen LogP contribution is -2.01. The van der Waals surface area contributed by atoms with E-state index in [4.69, 9.17) is 0 Å². The van der Waals surface area contributed by atoms with Crippen LogP contribution in [-0.2, 0) is 6.42 Å². The van der Waals surface area contributed by atoms with E-state index in [0.29, 0.717) is 0 Å². The van der Waals surface area contributed by atoms with Gasteiger partial charge in [0, 0.05) is 0 Å². The molecular formula is C13H18O. The molecule has 0 bridgehead atoms. The fourth-order valence-corrected chi connectivity index (χ4v) is 1.63. The third-order valence-electron chi connectivity index (χ3n) is 2.34. The minimum atomic E-state index is -0.323. The van der Waals surface area contributed by atoms with Crippen molar-refractivity contribution in [2.75, 3.05) is 0 Å². The molecule has 1 heteroatoms. The van der Waals surface area contributed by atoms with E-state index in [2.05, 4.69) is 19.6 Å². The van der Waals surface area contributed by atoms with E-state index in [1.807, 2.05) is 24.3 Å². The summed E-state index contributed by atoms with van der Waals surface area (Å²) in [5, 5.41) is 9.89. The Kier molecular flexibility index (Phi) is 4.41. The Labute approximate surface area is 86.1 Å². The van der Waals surface area contributed by atoms with Crippen molar-refractivity contribution in [1.29, 1.82) is 0 Å². The maximum atomic E-state index is 9.89. The summed E-state index contributed by atoms with van der Waals surface area (Å²) in [5.74, 6) is 0. The molecule has 0 aliphatic carbocycles. The molecule has 1 nitrogen and oxygen atoms in total. The predicted molar refractivity (Wildman–Crippen MR) is 60.2 cm³/mol. The normalized spacial score (nSPS) is 12.4. The minimum Gasteiger partial charge on any atom is -0.388 e. The third kappa shape index (κ3) is 2.71. The predicted octanol–water partition coefficient (Wildman–Crippen LogP) is 3.25. The average molecular weight is 190 g/mol. The van der Waals surface area contributed by atoms with Gasteiger partial charge in [0.25, 0.3) is 0 Å². The molecule has 1 atom stereocenters. The van der Waals surface area contributed by atoms with Gasteiger partial charge in [-0.25, -0.2) is 0 Å². The second-order valence-corrected chi connectivity index (χ2v) is 3.50. The van der Waals surface area contributed by atoms with E-state index < -0.39 is 0 Å². The quantitative estimate of drug-likeness (QED) is 0.707. The van der Waals surface area contributed by atoms with Crippen LogP contribution in [0.2, 0.25) is 0 Å². The van der Waals surface area contributed by atoms with Crippen molar-refractivity contribution in [2.24, 2.45) is 0 Å². The number of hydrogen-bond acceptors (Lipinski definition) is 1. The fourth-order valence-electron chi connectivity index (χ4n) is 1.63. The van der Waals surface area contributed by atoms with Crippen molar-refractivity contribution in [3.05, 3.63) is 48.0 Å². The van der Waals surface area contributed by atoms with E-state index in [0.717, 1.165) is 24.8 Å². The van der Waals surface area contributed by atoms with Gasteiger partial charge in [0.05, 0.1) is 6.10 Å². The molecule has 1 rings (SSSR count). The summed E-state index contributed by atoms with van der Waals surface area (Å²) < 4.78 is 0. The van der Waals surface area contributed by atoms with Crippen molar-refractivity contribution in [1.82, 2.24) is 0 Å². The molecular weight excluding hydrogens is 172 g/mol. The Morgan fingerprint density at radius 3 is 2.79 bits per heavy atom. The number of aliphatic hydroxyl groups excluding tert-OH is 1. The Morgan fingerprint density at radius 1 is 1.43 bits per heavy atom. The molecule has 0 spiro atoms.